The third-order valence-corrected chi connectivity index (χ3v) is 4.96. The minimum Gasteiger partial charge on any atom is -0.308 e. The molecule has 0 saturated heterocycles. The fraction of sp³-hybridized carbons (Fsp3) is 0.786. The van der Waals surface area contributed by atoms with Crippen LogP contribution in [0.5, 0.6) is 0 Å². The van der Waals surface area contributed by atoms with Crippen LogP contribution in [-0.2, 0) is 19.5 Å². The van der Waals surface area contributed by atoms with Crippen LogP contribution in [0.15, 0.2) is 6.07 Å². The van der Waals surface area contributed by atoms with Crippen LogP contribution in [-0.4, -0.2) is 27.3 Å². The van der Waals surface area contributed by atoms with E-state index in [1.54, 1.807) is 0 Å². The van der Waals surface area contributed by atoms with Gasteiger partial charge in [-0.25, -0.2) is 0 Å². The summed E-state index contributed by atoms with van der Waals surface area (Å²) in [5.41, 5.74) is 2.55. The molecule has 102 valence electrons. The van der Waals surface area contributed by atoms with Crippen LogP contribution < -0.4 is 5.32 Å². The summed E-state index contributed by atoms with van der Waals surface area (Å²) in [6.45, 7) is 6.26. The van der Waals surface area contributed by atoms with E-state index in [0.29, 0.717) is 6.04 Å². The number of aryl methyl sites for hydroxylation is 2. The third kappa shape index (κ3) is 3.29. The van der Waals surface area contributed by atoms with Gasteiger partial charge in [0.15, 0.2) is 0 Å². The highest BCUT2D eigenvalue weighted by Gasteiger charge is 2.23. The summed E-state index contributed by atoms with van der Waals surface area (Å²) >= 11 is 2.02. The Kier molecular flexibility index (Phi) is 5.13. The summed E-state index contributed by atoms with van der Waals surface area (Å²) in [6, 6.07) is 2.95. The van der Waals surface area contributed by atoms with Crippen LogP contribution in [0.1, 0.15) is 44.5 Å². The van der Waals surface area contributed by atoms with Gasteiger partial charge in [0.1, 0.15) is 0 Å². The van der Waals surface area contributed by atoms with Crippen LogP contribution >= 0.6 is 11.8 Å². The van der Waals surface area contributed by atoms with E-state index >= 15 is 0 Å². The van der Waals surface area contributed by atoms with E-state index in [1.807, 2.05) is 11.8 Å². The van der Waals surface area contributed by atoms with Gasteiger partial charge < -0.3 is 5.32 Å². The van der Waals surface area contributed by atoms with E-state index in [1.165, 1.54) is 30.7 Å². The first kappa shape index (κ1) is 13.9. The van der Waals surface area contributed by atoms with Gasteiger partial charge in [-0.05, 0) is 44.9 Å². The summed E-state index contributed by atoms with van der Waals surface area (Å²) in [5.74, 6) is 0. The van der Waals surface area contributed by atoms with E-state index in [4.69, 9.17) is 0 Å². The molecule has 1 N–H and O–H groups in total. The number of rotatable bonds is 6. The van der Waals surface area contributed by atoms with Crippen molar-refractivity contribution in [3.8, 4) is 0 Å². The second kappa shape index (κ2) is 6.62. The summed E-state index contributed by atoms with van der Waals surface area (Å²) in [4.78, 5) is 0. The number of nitrogens with one attached hydrogen (secondary N) is 1. The molecule has 3 nitrogen and oxygen atoms in total. The van der Waals surface area contributed by atoms with E-state index in [2.05, 4.69) is 41.3 Å². The summed E-state index contributed by atoms with van der Waals surface area (Å²) in [7, 11) is 0. The first-order valence-corrected chi connectivity index (χ1v) is 8.37. The molecule has 1 aliphatic rings. The average molecular weight is 267 g/mol. The van der Waals surface area contributed by atoms with Crippen LogP contribution in [0.25, 0.3) is 0 Å². The van der Waals surface area contributed by atoms with Crippen molar-refractivity contribution >= 4 is 11.8 Å². The third-order valence-electron chi connectivity index (χ3n) is 3.87. The second-order valence-corrected chi connectivity index (χ2v) is 6.18. The Balaban J connectivity index is 1.88. The molecular formula is C14H25N3S. The van der Waals surface area contributed by atoms with Crippen molar-refractivity contribution in [3.05, 3.63) is 17.5 Å². The maximum absolute atomic E-state index is 4.60. The van der Waals surface area contributed by atoms with Crippen LogP contribution in [0.2, 0.25) is 0 Å². The molecule has 18 heavy (non-hydrogen) atoms. The molecule has 1 saturated carbocycles. The molecule has 2 unspecified atom stereocenters. The van der Waals surface area contributed by atoms with Gasteiger partial charge in [-0.15, -0.1) is 0 Å². The smallest absolute Gasteiger partial charge is 0.0625 e. The molecule has 2 atom stereocenters. The molecule has 0 amide bonds. The maximum Gasteiger partial charge on any atom is 0.0625 e. The molecule has 1 aliphatic carbocycles. The molecule has 0 spiro atoms. The van der Waals surface area contributed by atoms with Gasteiger partial charge in [-0.3, -0.25) is 4.68 Å². The Labute approximate surface area is 115 Å². The number of hydrogen-bond donors (Lipinski definition) is 1. The van der Waals surface area contributed by atoms with Gasteiger partial charge in [0.05, 0.1) is 11.4 Å². The molecule has 4 heteroatoms. The van der Waals surface area contributed by atoms with Crippen molar-refractivity contribution in [3.63, 3.8) is 0 Å². The van der Waals surface area contributed by atoms with E-state index < -0.39 is 0 Å². The minimum absolute atomic E-state index is 0.702. The van der Waals surface area contributed by atoms with Crippen molar-refractivity contribution in [2.45, 2.75) is 63.9 Å². The van der Waals surface area contributed by atoms with Gasteiger partial charge in [0.25, 0.3) is 0 Å². The predicted molar refractivity (Wildman–Crippen MR) is 79.1 cm³/mol. The predicted octanol–water partition coefficient (Wildman–Crippen LogP) is 2.84. The topological polar surface area (TPSA) is 29.9 Å². The lowest BCUT2D eigenvalue weighted by atomic mass is 10.2. The van der Waals surface area contributed by atoms with Crippen molar-refractivity contribution in [1.82, 2.24) is 15.1 Å². The Morgan fingerprint density at radius 2 is 2.28 bits per heavy atom. The standard InChI is InChI=1S/C14H25N3S/c1-4-11-8-13(17(5-2)16-11)10-15-12-6-7-14(9-12)18-3/h8,12,14-15H,4-7,9-10H2,1-3H3. The van der Waals surface area contributed by atoms with Crippen molar-refractivity contribution < 1.29 is 0 Å². The number of thioether (sulfide) groups is 1. The van der Waals surface area contributed by atoms with Crippen molar-refractivity contribution in [2.75, 3.05) is 6.26 Å². The van der Waals surface area contributed by atoms with Crippen molar-refractivity contribution in [2.24, 2.45) is 0 Å². The largest absolute Gasteiger partial charge is 0.308 e. The number of nitrogens with zero attached hydrogens (tertiary/aromatic N) is 2. The average Bonchev–Trinajstić information content (AvgIpc) is 3.02. The van der Waals surface area contributed by atoms with E-state index in [-0.39, 0.29) is 0 Å². The summed E-state index contributed by atoms with van der Waals surface area (Å²) in [5, 5.41) is 9.16. The zero-order valence-corrected chi connectivity index (χ0v) is 12.6. The van der Waals surface area contributed by atoms with Gasteiger partial charge in [-0.2, -0.15) is 16.9 Å². The number of hydrogen-bond acceptors (Lipinski definition) is 3. The monoisotopic (exact) mass is 267 g/mol. The van der Waals surface area contributed by atoms with E-state index in [9.17, 15) is 0 Å². The quantitative estimate of drug-likeness (QED) is 0.859. The second-order valence-electron chi connectivity index (χ2n) is 5.04. The maximum atomic E-state index is 4.60. The highest BCUT2D eigenvalue weighted by molar-refractivity contribution is 7.99. The first-order valence-electron chi connectivity index (χ1n) is 7.08. The first-order chi connectivity index (χ1) is 8.76. The van der Waals surface area contributed by atoms with Gasteiger partial charge in [0, 0.05) is 24.4 Å². The molecule has 1 aromatic rings. The van der Waals surface area contributed by atoms with Gasteiger partial charge in [0.2, 0.25) is 0 Å². The zero-order valence-electron chi connectivity index (χ0n) is 11.8. The van der Waals surface area contributed by atoms with Crippen LogP contribution in [0.4, 0.5) is 0 Å². The Morgan fingerprint density at radius 3 is 2.89 bits per heavy atom. The number of aromatic nitrogens is 2. The highest BCUT2D eigenvalue weighted by Crippen LogP contribution is 2.28. The Morgan fingerprint density at radius 1 is 1.44 bits per heavy atom. The molecule has 0 aliphatic heterocycles. The molecule has 2 rings (SSSR count). The lowest BCUT2D eigenvalue weighted by Gasteiger charge is -2.13. The Bertz CT molecular complexity index is 375. The molecular weight excluding hydrogens is 242 g/mol. The molecule has 0 bridgehead atoms. The van der Waals surface area contributed by atoms with Crippen LogP contribution in [0, 0.1) is 0 Å². The Hall–Kier alpha value is -0.480. The van der Waals surface area contributed by atoms with Crippen molar-refractivity contribution in [1.29, 1.82) is 0 Å². The lowest BCUT2D eigenvalue weighted by Crippen LogP contribution is -2.27. The molecule has 1 heterocycles. The fourth-order valence-corrected chi connectivity index (χ4v) is 3.49. The van der Waals surface area contributed by atoms with Crippen LogP contribution in [0.3, 0.4) is 0 Å². The molecule has 1 fully saturated rings. The van der Waals surface area contributed by atoms with Gasteiger partial charge >= 0.3 is 0 Å². The molecule has 0 aromatic carbocycles. The SMILES string of the molecule is CCc1cc(CNC2CCC(SC)C2)n(CC)n1. The molecule has 0 radical (unpaired) electrons. The summed E-state index contributed by atoms with van der Waals surface area (Å²) < 4.78 is 2.13. The summed E-state index contributed by atoms with van der Waals surface area (Å²) in [6.07, 6.45) is 7.27. The molecule has 1 aromatic heterocycles. The normalized spacial score (nSPS) is 23.7. The fourth-order valence-electron chi connectivity index (χ4n) is 2.69. The van der Waals surface area contributed by atoms with Gasteiger partial charge in [-0.1, -0.05) is 6.92 Å². The lowest BCUT2D eigenvalue weighted by molar-refractivity contribution is 0.499. The minimum atomic E-state index is 0.702. The highest BCUT2D eigenvalue weighted by atomic mass is 32.2. The zero-order chi connectivity index (χ0) is 13.0. The van der Waals surface area contributed by atoms with E-state index in [0.717, 1.165) is 24.8 Å².